The van der Waals surface area contributed by atoms with Crippen LogP contribution in [0.2, 0.25) is 0 Å². The fourth-order valence-corrected chi connectivity index (χ4v) is 7.81. The minimum Gasteiger partial charge on any atom is -0.465 e. The number of rotatable bonds is 5. The van der Waals surface area contributed by atoms with E-state index in [1.807, 2.05) is 0 Å². The van der Waals surface area contributed by atoms with Gasteiger partial charge in [0.25, 0.3) is 10.1 Å². The van der Waals surface area contributed by atoms with Crippen molar-refractivity contribution < 1.29 is 26.9 Å². The van der Waals surface area contributed by atoms with E-state index in [4.69, 9.17) is 8.92 Å². The second-order valence-electron chi connectivity index (χ2n) is 9.77. The SMILES string of the molecule is C=C1C(=O)[C@]23CC[C@H]1CC2C1(CCCC)C(=O)OC[C@@H](C)C1C[C@H]3OS(C)(=O)=O. The van der Waals surface area contributed by atoms with Crippen molar-refractivity contribution in [2.24, 2.45) is 34.5 Å². The molecule has 3 unspecified atom stereocenters. The minimum absolute atomic E-state index is 0.0434. The van der Waals surface area contributed by atoms with Crippen LogP contribution >= 0.6 is 0 Å². The van der Waals surface area contributed by atoms with Crippen LogP contribution in [-0.4, -0.2) is 39.1 Å². The molecule has 4 saturated carbocycles. The van der Waals surface area contributed by atoms with Gasteiger partial charge in [-0.3, -0.25) is 13.8 Å². The molecule has 7 heteroatoms. The zero-order chi connectivity index (χ0) is 21.2. The van der Waals surface area contributed by atoms with Crippen LogP contribution in [0.4, 0.5) is 0 Å². The molecule has 1 heterocycles. The summed E-state index contributed by atoms with van der Waals surface area (Å²) in [6, 6.07) is 0. The molecule has 5 rings (SSSR count). The molecule has 6 nitrogen and oxygen atoms in total. The van der Waals surface area contributed by atoms with Crippen molar-refractivity contribution in [1.82, 2.24) is 0 Å². The van der Waals surface area contributed by atoms with E-state index < -0.39 is 27.1 Å². The van der Waals surface area contributed by atoms with Crippen LogP contribution in [0.5, 0.6) is 0 Å². The average Bonchev–Trinajstić information content (AvgIpc) is 2.66. The summed E-state index contributed by atoms with van der Waals surface area (Å²) in [6.45, 7) is 8.55. The third-order valence-electron chi connectivity index (χ3n) is 8.36. The Morgan fingerprint density at radius 3 is 2.66 bits per heavy atom. The molecule has 0 amide bonds. The number of fused-ring (bicyclic) bond motifs is 3. The summed E-state index contributed by atoms with van der Waals surface area (Å²) in [5.74, 6) is -0.403. The number of allylic oxidation sites excluding steroid dienone is 1. The fourth-order valence-electron chi connectivity index (χ4n) is 7.14. The van der Waals surface area contributed by atoms with Crippen LogP contribution < -0.4 is 0 Å². The summed E-state index contributed by atoms with van der Waals surface area (Å²) in [6.07, 6.45) is 5.26. The number of carbonyl (C=O) groups excluding carboxylic acids is 2. The van der Waals surface area contributed by atoms with Crippen LogP contribution in [-0.2, 0) is 28.6 Å². The number of hydrogen-bond donors (Lipinski definition) is 0. The molecule has 0 N–H and O–H groups in total. The van der Waals surface area contributed by atoms with Crippen LogP contribution in [0.15, 0.2) is 12.2 Å². The third kappa shape index (κ3) is 2.87. The van der Waals surface area contributed by atoms with Crippen molar-refractivity contribution in [1.29, 1.82) is 0 Å². The molecule has 2 bridgehead atoms. The molecular formula is C22H32O6S. The number of ether oxygens (including phenoxy) is 1. The normalized spacial score (nSPS) is 44.2. The Hall–Kier alpha value is -1.21. The summed E-state index contributed by atoms with van der Waals surface area (Å²) >= 11 is 0. The molecule has 0 radical (unpaired) electrons. The van der Waals surface area contributed by atoms with Crippen LogP contribution in [0.3, 0.4) is 0 Å². The van der Waals surface area contributed by atoms with Crippen molar-refractivity contribution in [2.45, 2.75) is 64.9 Å². The first-order valence-corrected chi connectivity index (χ1v) is 12.7. The maximum atomic E-state index is 13.6. The summed E-state index contributed by atoms with van der Waals surface area (Å²) in [5.41, 5.74) is -1.15. The van der Waals surface area contributed by atoms with Gasteiger partial charge in [-0.05, 0) is 61.3 Å². The molecule has 162 valence electrons. The summed E-state index contributed by atoms with van der Waals surface area (Å²) in [5, 5.41) is 0. The maximum Gasteiger partial charge on any atom is 0.312 e. The lowest BCUT2D eigenvalue weighted by Crippen LogP contribution is -2.70. The molecule has 1 aliphatic heterocycles. The zero-order valence-corrected chi connectivity index (χ0v) is 18.4. The van der Waals surface area contributed by atoms with Gasteiger partial charge in [-0.2, -0.15) is 8.42 Å². The van der Waals surface area contributed by atoms with E-state index in [0.29, 0.717) is 37.9 Å². The maximum absolute atomic E-state index is 13.6. The Morgan fingerprint density at radius 2 is 2.00 bits per heavy atom. The number of ketones is 1. The number of hydrogen-bond acceptors (Lipinski definition) is 6. The average molecular weight is 425 g/mol. The van der Waals surface area contributed by atoms with Crippen molar-refractivity contribution in [2.75, 3.05) is 12.9 Å². The van der Waals surface area contributed by atoms with Gasteiger partial charge < -0.3 is 4.74 Å². The molecule has 4 aliphatic carbocycles. The second-order valence-corrected chi connectivity index (χ2v) is 11.4. The van der Waals surface area contributed by atoms with Crippen molar-refractivity contribution >= 4 is 21.9 Å². The van der Waals surface area contributed by atoms with E-state index in [-0.39, 0.29) is 35.4 Å². The molecule has 5 aliphatic rings. The van der Waals surface area contributed by atoms with Gasteiger partial charge in [0, 0.05) is 0 Å². The van der Waals surface area contributed by atoms with Crippen LogP contribution in [0.25, 0.3) is 0 Å². The second kappa shape index (κ2) is 6.91. The minimum atomic E-state index is -3.75. The zero-order valence-electron chi connectivity index (χ0n) is 17.6. The van der Waals surface area contributed by atoms with Crippen molar-refractivity contribution in [3.05, 3.63) is 12.2 Å². The molecule has 1 saturated heterocycles. The quantitative estimate of drug-likeness (QED) is 0.382. The largest absolute Gasteiger partial charge is 0.465 e. The van der Waals surface area contributed by atoms with E-state index in [1.54, 1.807) is 0 Å². The number of carbonyl (C=O) groups is 2. The predicted molar refractivity (Wildman–Crippen MR) is 107 cm³/mol. The van der Waals surface area contributed by atoms with E-state index in [1.165, 1.54) is 0 Å². The highest BCUT2D eigenvalue weighted by Crippen LogP contribution is 2.69. The van der Waals surface area contributed by atoms with Gasteiger partial charge in [0.15, 0.2) is 5.78 Å². The lowest BCUT2D eigenvalue weighted by molar-refractivity contribution is -0.226. The van der Waals surface area contributed by atoms with Gasteiger partial charge in [-0.25, -0.2) is 0 Å². The monoisotopic (exact) mass is 424 g/mol. The molecule has 0 aromatic carbocycles. The lowest BCUT2D eigenvalue weighted by atomic mass is 9.38. The van der Waals surface area contributed by atoms with E-state index in [2.05, 4.69) is 20.4 Å². The number of cyclic esters (lactones) is 1. The molecule has 5 fully saturated rings. The Balaban J connectivity index is 1.90. The number of Topliss-reactive ketones (excluding diaryl/α,β-unsaturated/α-hetero) is 1. The van der Waals surface area contributed by atoms with Gasteiger partial charge in [-0.15, -0.1) is 0 Å². The third-order valence-corrected chi connectivity index (χ3v) is 8.94. The number of unbranched alkanes of at least 4 members (excludes halogenated alkanes) is 1. The summed E-state index contributed by atoms with van der Waals surface area (Å²) in [7, 11) is -3.75. The van der Waals surface area contributed by atoms with Gasteiger partial charge >= 0.3 is 5.97 Å². The molecule has 1 spiro atoms. The van der Waals surface area contributed by atoms with E-state index in [0.717, 1.165) is 25.5 Å². The van der Waals surface area contributed by atoms with Crippen molar-refractivity contribution in [3.63, 3.8) is 0 Å². The topological polar surface area (TPSA) is 86.7 Å². The number of esters is 1. The predicted octanol–water partition coefficient (Wildman–Crippen LogP) is 3.26. The molecule has 0 aromatic heterocycles. The molecular weight excluding hydrogens is 392 g/mol. The highest BCUT2D eigenvalue weighted by molar-refractivity contribution is 7.86. The molecule has 0 aromatic rings. The highest BCUT2D eigenvalue weighted by atomic mass is 32.2. The smallest absolute Gasteiger partial charge is 0.312 e. The first-order chi connectivity index (χ1) is 13.6. The van der Waals surface area contributed by atoms with E-state index in [9.17, 15) is 18.0 Å². The van der Waals surface area contributed by atoms with Gasteiger partial charge in [0.05, 0.1) is 29.8 Å². The van der Waals surface area contributed by atoms with Crippen LogP contribution in [0, 0.1) is 34.5 Å². The van der Waals surface area contributed by atoms with Crippen molar-refractivity contribution in [3.8, 4) is 0 Å². The summed E-state index contributed by atoms with van der Waals surface area (Å²) in [4.78, 5) is 27.0. The van der Waals surface area contributed by atoms with Crippen LogP contribution in [0.1, 0.15) is 58.8 Å². The molecule has 29 heavy (non-hydrogen) atoms. The van der Waals surface area contributed by atoms with Gasteiger partial charge in [0.1, 0.15) is 0 Å². The van der Waals surface area contributed by atoms with E-state index >= 15 is 0 Å². The Bertz CT molecular complexity index is 847. The lowest BCUT2D eigenvalue weighted by Gasteiger charge is -2.66. The Kier molecular flexibility index (Phi) is 5.01. The standard InChI is InChI=1S/C22H32O6S/c1-5-6-8-21-16(13(2)12-27-20(21)24)11-18(28-29(4,25)26)22-9-7-15(10-17(21)22)14(3)19(22)23/h13,15-18H,3,5-12H2,1-2,4H3/t13-,15+,16?,17?,18-,21?,22-/m1/s1. The summed E-state index contributed by atoms with van der Waals surface area (Å²) < 4.78 is 35.6. The first kappa shape index (κ1) is 21.0. The highest BCUT2D eigenvalue weighted by Gasteiger charge is 2.73. The molecule has 7 atom stereocenters. The fraction of sp³-hybridized carbons (Fsp3) is 0.818. The first-order valence-electron chi connectivity index (χ1n) is 10.9. The Labute approximate surface area is 173 Å². The Morgan fingerprint density at radius 1 is 1.28 bits per heavy atom. The van der Waals surface area contributed by atoms with Gasteiger partial charge in [0.2, 0.25) is 0 Å². The van der Waals surface area contributed by atoms with Gasteiger partial charge in [-0.1, -0.05) is 33.3 Å².